The molecule has 0 bridgehead atoms. The first-order valence-electron chi connectivity index (χ1n) is 7.80. The van der Waals surface area contributed by atoms with Crippen LogP contribution in [0.4, 0.5) is 0 Å². The lowest BCUT2D eigenvalue weighted by atomic mass is 9.84. The monoisotopic (exact) mass is 294 g/mol. The molecule has 2 atom stereocenters. The second kappa shape index (κ2) is 6.32. The minimum atomic E-state index is -0.215. The number of rotatable bonds is 3. The maximum atomic E-state index is 11.6. The summed E-state index contributed by atoms with van der Waals surface area (Å²) in [6, 6.07) is 18.9. The molecule has 1 fully saturated rings. The number of piperidine rings is 1. The van der Waals surface area contributed by atoms with E-state index in [1.165, 1.54) is 16.7 Å². The van der Waals surface area contributed by atoms with Crippen molar-refractivity contribution in [3.05, 3.63) is 60.2 Å². The van der Waals surface area contributed by atoms with E-state index in [0.717, 1.165) is 19.4 Å². The minimum Gasteiger partial charge on any atom is -0.368 e. The summed E-state index contributed by atoms with van der Waals surface area (Å²) in [7, 11) is 1.98. The Labute approximate surface area is 131 Å². The van der Waals surface area contributed by atoms with Gasteiger partial charge in [-0.15, -0.1) is 0 Å². The molecule has 0 spiro atoms. The zero-order valence-corrected chi connectivity index (χ0v) is 12.9. The average molecular weight is 294 g/mol. The van der Waals surface area contributed by atoms with Crippen molar-refractivity contribution in [3.8, 4) is 11.1 Å². The highest BCUT2D eigenvalue weighted by Crippen LogP contribution is 2.32. The quantitative estimate of drug-likeness (QED) is 0.946. The molecule has 114 valence electrons. The van der Waals surface area contributed by atoms with E-state index in [2.05, 4.69) is 53.4 Å². The van der Waals surface area contributed by atoms with Crippen LogP contribution in [0.3, 0.4) is 0 Å². The molecule has 1 heterocycles. The number of hydrogen-bond acceptors (Lipinski definition) is 2. The van der Waals surface area contributed by atoms with Gasteiger partial charge < -0.3 is 5.73 Å². The number of benzene rings is 2. The van der Waals surface area contributed by atoms with Gasteiger partial charge in [0, 0.05) is 0 Å². The third kappa shape index (κ3) is 3.04. The van der Waals surface area contributed by atoms with E-state index in [9.17, 15) is 4.79 Å². The molecule has 2 N–H and O–H groups in total. The van der Waals surface area contributed by atoms with E-state index in [-0.39, 0.29) is 11.9 Å². The fourth-order valence-corrected chi connectivity index (χ4v) is 3.30. The fraction of sp³-hybridized carbons (Fsp3) is 0.316. The van der Waals surface area contributed by atoms with Gasteiger partial charge in [-0.25, -0.2) is 0 Å². The van der Waals surface area contributed by atoms with Crippen molar-refractivity contribution >= 4 is 5.91 Å². The lowest BCUT2D eigenvalue weighted by Crippen LogP contribution is -2.47. The van der Waals surface area contributed by atoms with Crippen molar-refractivity contribution in [1.82, 2.24) is 4.90 Å². The molecule has 1 aliphatic heterocycles. The van der Waals surface area contributed by atoms with Crippen LogP contribution in [0, 0.1) is 0 Å². The number of primary amides is 1. The second-order valence-electron chi connectivity index (χ2n) is 6.11. The Bertz CT molecular complexity index is 636. The highest BCUT2D eigenvalue weighted by atomic mass is 16.1. The van der Waals surface area contributed by atoms with Crippen LogP contribution in [-0.2, 0) is 4.79 Å². The maximum absolute atomic E-state index is 11.6. The van der Waals surface area contributed by atoms with Crippen LogP contribution in [0.15, 0.2) is 54.6 Å². The number of amides is 1. The molecule has 1 saturated heterocycles. The van der Waals surface area contributed by atoms with Gasteiger partial charge in [0.05, 0.1) is 6.04 Å². The van der Waals surface area contributed by atoms with Gasteiger partial charge in [0.25, 0.3) is 0 Å². The third-order valence-corrected chi connectivity index (χ3v) is 4.69. The Balaban J connectivity index is 1.77. The number of likely N-dealkylation sites (N-methyl/N-ethyl adjacent to an activating group) is 1. The third-order valence-electron chi connectivity index (χ3n) is 4.69. The SMILES string of the molecule is CN1CC[C@H](c2ccc(-c3ccccc3)cc2)C[C@H]1C(N)=O. The van der Waals surface area contributed by atoms with Gasteiger partial charge in [-0.05, 0) is 49.0 Å². The van der Waals surface area contributed by atoms with Crippen molar-refractivity contribution in [3.63, 3.8) is 0 Å². The summed E-state index contributed by atoms with van der Waals surface area (Å²) >= 11 is 0. The summed E-state index contributed by atoms with van der Waals surface area (Å²) in [6.07, 6.45) is 1.89. The number of carbonyl (C=O) groups excluding carboxylic acids is 1. The van der Waals surface area contributed by atoms with E-state index in [1.54, 1.807) is 0 Å². The molecule has 2 aromatic carbocycles. The average Bonchev–Trinajstić information content (AvgIpc) is 2.56. The molecule has 3 heteroatoms. The maximum Gasteiger partial charge on any atom is 0.234 e. The van der Waals surface area contributed by atoms with Crippen molar-refractivity contribution in [2.75, 3.05) is 13.6 Å². The normalized spacial score (nSPS) is 22.4. The Morgan fingerprint density at radius 2 is 1.68 bits per heavy atom. The van der Waals surface area contributed by atoms with Crippen LogP contribution < -0.4 is 5.73 Å². The fourth-order valence-electron chi connectivity index (χ4n) is 3.30. The molecule has 0 aliphatic carbocycles. The molecule has 0 aromatic heterocycles. The summed E-state index contributed by atoms with van der Waals surface area (Å²) in [4.78, 5) is 13.6. The van der Waals surface area contributed by atoms with Crippen LogP contribution >= 0.6 is 0 Å². The zero-order valence-electron chi connectivity index (χ0n) is 12.9. The smallest absolute Gasteiger partial charge is 0.234 e. The van der Waals surface area contributed by atoms with Crippen molar-refractivity contribution in [1.29, 1.82) is 0 Å². The molecular weight excluding hydrogens is 272 g/mol. The first kappa shape index (κ1) is 14.8. The molecule has 3 nitrogen and oxygen atoms in total. The van der Waals surface area contributed by atoms with Crippen LogP contribution in [0.1, 0.15) is 24.3 Å². The zero-order chi connectivity index (χ0) is 15.5. The van der Waals surface area contributed by atoms with E-state index in [0.29, 0.717) is 5.92 Å². The lowest BCUT2D eigenvalue weighted by molar-refractivity contribution is -0.124. The Hall–Kier alpha value is -2.13. The van der Waals surface area contributed by atoms with E-state index in [4.69, 9.17) is 5.73 Å². The van der Waals surface area contributed by atoms with Gasteiger partial charge in [0.1, 0.15) is 0 Å². The first-order chi connectivity index (χ1) is 10.6. The summed E-state index contributed by atoms with van der Waals surface area (Å²) in [5.41, 5.74) is 9.28. The van der Waals surface area contributed by atoms with Gasteiger partial charge in [-0.1, -0.05) is 54.6 Å². The molecule has 3 rings (SSSR count). The van der Waals surface area contributed by atoms with Gasteiger partial charge in [-0.3, -0.25) is 9.69 Å². The van der Waals surface area contributed by atoms with E-state index in [1.807, 2.05) is 13.1 Å². The highest BCUT2D eigenvalue weighted by Gasteiger charge is 2.30. The molecule has 2 aromatic rings. The predicted molar refractivity (Wildman–Crippen MR) is 89.5 cm³/mol. The Morgan fingerprint density at radius 1 is 1.05 bits per heavy atom. The number of carbonyl (C=O) groups is 1. The van der Waals surface area contributed by atoms with Crippen molar-refractivity contribution in [2.24, 2.45) is 5.73 Å². The van der Waals surface area contributed by atoms with Crippen LogP contribution in [0.5, 0.6) is 0 Å². The van der Waals surface area contributed by atoms with Crippen LogP contribution in [-0.4, -0.2) is 30.4 Å². The summed E-state index contributed by atoms with van der Waals surface area (Å²) in [5, 5.41) is 0. The summed E-state index contributed by atoms with van der Waals surface area (Å²) in [6.45, 7) is 0.915. The largest absolute Gasteiger partial charge is 0.368 e. The predicted octanol–water partition coefficient (Wildman–Crippen LogP) is 3.02. The Morgan fingerprint density at radius 3 is 2.32 bits per heavy atom. The molecule has 0 unspecified atom stereocenters. The molecular formula is C19H22N2O. The number of likely N-dealkylation sites (tertiary alicyclic amines) is 1. The highest BCUT2D eigenvalue weighted by molar-refractivity contribution is 5.80. The topological polar surface area (TPSA) is 46.3 Å². The van der Waals surface area contributed by atoms with Crippen LogP contribution in [0.25, 0.3) is 11.1 Å². The van der Waals surface area contributed by atoms with Gasteiger partial charge >= 0.3 is 0 Å². The van der Waals surface area contributed by atoms with E-state index < -0.39 is 0 Å². The molecule has 1 aliphatic rings. The molecule has 22 heavy (non-hydrogen) atoms. The standard InChI is InChI=1S/C19H22N2O/c1-21-12-11-17(13-18(21)19(20)22)16-9-7-15(8-10-16)14-5-3-2-4-6-14/h2-10,17-18H,11-13H2,1H3,(H2,20,22)/t17-,18-/m0/s1. The molecule has 0 saturated carbocycles. The van der Waals surface area contributed by atoms with Gasteiger partial charge in [-0.2, -0.15) is 0 Å². The second-order valence-corrected chi connectivity index (χ2v) is 6.11. The minimum absolute atomic E-state index is 0.146. The first-order valence-corrected chi connectivity index (χ1v) is 7.80. The number of nitrogens with two attached hydrogens (primary N) is 1. The van der Waals surface area contributed by atoms with E-state index >= 15 is 0 Å². The summed E-state index contributed by atoms with van der Waals surface area (Å²) < 4.78 is 0. The van der Waals surface area contributed by atoms with Gasteiger partial charge in [0.2, 0.25) is 5.91 Å². The lowest BCUT2D eigenvalue weighted by Gasteiger charge is -2.35. The van der Waals surface area contributed by atoms with Crippen molar-refractivity contribution < 1.29 is 4.79 Å². The summed E-state index contributed by atoms with van der Waals surface area (Å²) in [5.74, 6) is 0.201. The number of nitrogens with zero attached hydrogens (tertiary/aromatic N) is 1. The Kier molecular flexibility index (Phi) is 4.25. The van der Waals surface area contributed by atoms with Gasteiger partial charge in [0.15, 0.2) is 0 Å². The number of hydrogen-bond donors (Lipinski definition) is 1. The molecule has 0 radical (unpaired) electrons. The molecule has 1 amide bonds. The van der Waals surface area contributed by atoms with Crippen molar-refractivity contribution in [2.45, 2.75) is 24.8 Å². The van der Waals surface area contributed by atoms with Crippen LogP contribution in [0.2, 0.25) is 0 Å².